The maximum Gasteiger partial charge on any atom is 0.335 e. The molecule has 6 rings (SSSR count). The third-order valence-corrected chi connectivity index (χ3v) is 8.96. The van der Waals surface area contributed by atoms with Crippen LogP contribution >= 0.6 is 0 Å². The van der Waals surface area contributed by atoms with Gasteiger partial charge in [0.05, 0.1) is 11.3 Å². The van der Waals surface area contributed by atoms with Crippen LogP contribution in [0.3, 0.4) is 0 Å². The van der Waals surface area contributed by atoms with E-state index in [1.54, 1.807) is 13.0 Å². The quantitative estimate of drug-likeness (QED) is 0.517. The fraction of sp³-hybridized carbons (Fsp3) is 0.484. The zero-order chi connectivity index (χ0) is 26.2. The van der Waals surface area contributed by atoms with Gasteiger partial charge in [-0.1, -0.05) is 43.5 Å². The summed E-state index contributed by atoms with van der Waals surface area (Å²) in [5.74, 6) is -0.197. The summed E-state index contributed by atoms with van der Waals surface area (Å²) in [7, 11) is 0. The maximum atomic E-state index is 11.9. The fourth-order valence-corrected chi connectivity index (χ4v) is 6.91. The minimum Gasteiger partial charge on any atom is -0.478 e. The first-order valence-electron chi connectivity index (χ1n) is 14.2. The summed E-state index contributed by atoms with van der Waals surface area (Å²) in [4.78, 5) is 30.5. The smallest absolute Gasteiger partial charge is 0.335 e. The number of rotatable bonds is 5. The van der Waals surface area contributed by atoms with Crippen LogP contribution < -0.4 is 4.90 Å². The van der Waals surface area contributed by atoms with Crippen LogP contribution in [-0.4, -0.2) is 77.2 Å². The molecule has 2 fully saturated rings. The first-order valence-corrected chi connectivity index (χ1v) is 14.2. The van der Waals surface area contributed by atoms with Gasteiger partial charge >= 0.3 is 5.97 Å². The van der Waals surface area contributed by atoms with Gasteiger partial charge in [-0.15, -0.1) is 0 Å². The Balaban J connectivity index is 1.37. The average molecular weight is 515 g/mol. The lowest BCUT2D eigenvalue weighted by molar-refractivity contribution is -0.130. The number of nitrogens with zero attached hydrogens (tertiary/aromatic N) is 4. The number of benzene rings is 2. The summed E-state index contributed by atoms with van der Waals surface area (Å²) in [6.45, 7) is 8.71. The fourth-order valence-electron chi connectivity index (χ4n) is 6.91. The molecule has 38 heavy (non-hydrogen) atoms. The number of hydrogen-bond acceptors (Lipinski definition) is 4. The van der Waals surface area contributed by atoms with E-state index in [2.05, 4.69) is 44.7 Å². The van der Waals surface area contributed by atoms with Gasteiger partial charge < -0.3 is 19.5 Å². The van der Waals surface area contributed by atoms with Crippen LogP contribution in [0.1, 0.15) is 60.9 Å². The number of carbonyl (C=O) groups is 2. The van der Waals surface area contributed by atoms with E-state index in [4.69, 9.17) is 0 Å². The molecule has 0 unspecified atom stereocenters. The van der Waals surface area contributed by atoms with Gasteiger partial charge in [-0.25, -0.2) is 4.79 Å². The molecule has 1 amide bonds. The summed E-state index contributed by atoms with van der Waals surface area (Å²) < 4.78 is 2.41. The Morgan fingerprint density at radius 3 is 2.39 bits per heavy atom. The Morgan fingerprint density at radius 2 is 1.66 bits per heavy atom. The zero-order valence-electron chi connectivity index (χ0n) is 22.4. The SMILES string of the molecule is CC(=O)N1CCN(CCN2CCn3c(c(C4CCCCC4)c4ccc(C(=O)O)cc43)-c3ccccc32)CC1. The molecule has 1 N–H and O–H groups in total. The van der Waals surface area contributed by atoms with Crippen molar-refractivity contribution < 1.29 is 14.7 Å². The normalized spacial score (nSPS) is 18.8. The molecule has 1 saturated heterocycles. The second kappa shape index (κ2) is 10.4. The molecule has 3 aliphatic rings. The molecule has 0 atom stereocenters. The van der Waals surface area contributed by atoms with E-state index >= 15 is 0 Å². The van der Waals surface area contributed by atoms with Crippen molar-refractivity contribution in [2.75, 3.05) is 50.7 Å². The Kier molecular flexibility index (Phi) is 6.87. The molecule has 200 valence electrons. The predicted octanol–water partition coefficient (Wildman–Crippen LogP) is 5.04. The van der Waals surface area contributed by atoms with Crippen molar-refractivity contribution in [3.63, 3.8) is 0 Å². The minimum atomic E-state index is -0.873. The number of carboxylic acids is 1. The second-order valence-electron chi connectivity index (χ2n) is 11.1. The van der Waals surface area contributed by atoms with Crippen molar-refractivity contribution in [2.45, 2.75) is 51.5 Å². The number of carbonyl (C=O) groups excluding carboxylic acids is 1. The second-order valence-corrected chi connectivity index (χ2v) is 11.1. The number of aromatic carboxylic acids is 1. The predicted molar refractivity (Wildman–Crippen MR) is 151 cm³/mol. The Bertz CT molecular complexity index is 1350. The lowest BCUT2D eigenvalue weighted by atomic mass is 9.81. The van der Waals surface area contributed by atoms with Crippen molar-refractivity contribution in [3.05, 3.63) is 53.6 Å². The van der Waals surface area contributed by atoms with E-state index in [1.807, 2.05) is 11.0 Å². The molecule has 0 spiro atoms. The lowest BCUT2D eigenvalue weighted by Crippen LogP contribution is -2.49. The third-order valence-electron chi connectivity index (χ3n) is 8.96. The minimum absolute atomic E-state index is 0.167. The molecule has 3 heterocycles. The standard InChI is InChI=1S/C31H38N4O3/c1-22(36)33-16-13-32(14-17-33)15-18-34-19-20-35-28-21-24(31(37)38)11-12-25(28)29(23-7-3-2-4-8-23)30(35)26-9-5-6-10-27(26)34/h5-6,9-12,21,23H,2-4,7-8,13-20H2,1H3,(H,37,38). The van der Waals surface area contributed by atoms with Crippen LogP contribution in [0.4, 0.5) is 5.69 Å². The van der Waals surface area contributed by atoms with Crippen LogP contribution in [0.2, 0.25) is 0 Å². The molecule has 0 bridgehead atoms. The van der Waals surface area contributed by atoms with Crippen LogP contribution in [0.5, 0.6) is 0 Å². The molecule has 0 radical (unpaired) electrons. The van der Waals surface area contributed by atoms with Crippen molar-refractivity contribution in [3.8, 4) is 11.3 Å². The maximum absolute atomic E-state index is 11.9. The zero-order valence-corrected chi connectivity index (χ0v) is 22.4. The van der Waals surface area contributed by atoms with Crippen molar-refractivity contribution >= 4 is 28.5 Å². The van der Waals surface area contributed by atoms with E-state index < -0.39 is 5.97 Å². The van der Waals surface area contributed by atoms with Gasteiger partial charge in [0.25, 0.3) is 0 Å². The molecule has 1 aromatic heterocycles. The number of carboxylic acid groups (broad SMARTS) is 1. The Hall–Kier alpha value is -3.32. The molecule has 2 aromatic carbocycles. The molecular formula is C31H38N4O3. The van der Waals surface area contributed by atoms with Crippen LogP contribution in [0.25, 0.3) is 22.2 Å². The third kappa shape index (κ3) is 4.57. The number of anilines is 1. The van der Waals surface area contributed by atoms with Gasteiger partial charge in [0.15, 0.2) is 0 Å². The van der Waals surface area contributed by atoms with Gasteiger partial charge in [0.1, 0.15) is 0 Å². The van der Waals surface area contributed by atoms with Crippen LogP contribution in [-0.2, 0) is 11.3 Å². The molecule has 1 saturated carbocycles. The molecule has 7 nitrogen and oxygen atoms in total. The monoisotopic (exact) mass is 514 g/mol. The molecule has 3 aromatic rings. The number of hydrogen-bond donors (Lipinski definition) is 1. The Morgan fingerprint density at radius 1 is 0.895 bits per heavy atom. The number of para-hydroxylation sites is 1. The summed E-state index contributed by atoms with van der Waals surface area (Å²) in [5.41, 5.74) is 6.66. The van der Waals surface area contributed by atoms with Gasteiger partial charge in [-0.2, -0.15) is 0 Å². The van der Waals surface area contributed by atoms with Crippen molar-refractivity contribution in [1.82, 2.24) is 14.4 Å². The van der Waals surface area contributed by atoms with Crippen molar-refractivity contribution in [2.24, 2.45) is 0 Å². The number of fused-ring (bicyclic) bond motifs is 5. The highest BCUT2D eigenvalue weighted by molar-refractivity contribution is 5.99. The van der Waals surface area contributed by atoms with Crippen molar-refractivity contribution in [1.29, 1.82) is 0 Å². The van der Waals surface area contributed by atoms with Gasteiger partial charge in [0, 0.05) is 81.4 Å². The highest BCUT2D eigenvalue weighted by Gasteiger charge is 2.31. The number of aromatic nitrogens is 1. The molecular weight excluding hydrogens is 476 g/mol. The van der Waals surface area contributed by atoms with E-state index in [-0.39, 0.29) is 5.91 Å². The topological polar surface area (TPSA) is 69.0 Å². The van der Waals surface area contributed by atoms with E-state index in [9.17, 15) is 14.7 Å². The highest BCUT2D eigenvalue weighted by atomic mass is 16.4. The molecule has 1 aliphatic carbocycles. The summed E-state index contributed by atoms with van der Waals surface area (Å²) >= 11 is 0. The number of piperazine rings is 1. The lowest BCUT2D eigenvalue weighted by Gasteiger charge is -2.35. The Labute approximate surface area is 224 Å². The first-order chi connectivity index (χ1) is 18.5. The first kappa shape index (κ1) is 25.0. The molecule has 7 heteroatoms. The van der Waals surface area contributed by atoms with Gasteiger partial charge in [0.2, 0.25) is 5.91 Å². The summed E-state index contributed by atoms with van der Waals surface area (Å²) in [5, 5.41) is 11.0. The van der Waals surface area contributed by atoms with Gasteiger partial charge in [-0.3, -0.25) is 9.69 Å². The van der Waals surface area contributed by atoms with E-state index in [1.165, 1.54) is 60.0 Å². The van der Waals surface area contributed by atoms with E-state index in [0.29, 0.717) is 11.5 Å². The summed E-state index contributed by atoms with van der Waals surface area (Å²) in [6.07, 6.45) is 6.22. The van der Waals surface area contributed by atoms with Crippen LogP contribution in [0, 0.1) is 0 Å². The number of amides is 1. The van der Waals surface area contributed by atoms with Crippen LogP contribution in [0.15, 0.2) is 42.5 Å². The molecule has 2 aliphatic heterocycles. The summed E-state index contributed by atoms with van der Waals surface area (Å²) in [6, 6.07) is 14.5. The largest absolute Gasteiger partial charge is 0.478 e. The van der Waals surface area contributed by atoms with Gasteiger partial charge in [-0.05, 0) is 42.5 Å². The average Bonchev–Trinajstić information content (AvgIpc) is 3.17. The highest BCUT2D eigenvalue weighted by Crippen LogP contribution is 2.47. The van der Waals surface area contributed by atoms with E-state index in [0.717, 1.165) is 57.9 Å².